The molecule has 0 bridgehead atoms. The van der Waals surface area contributed by atoms with Crippen molar-refractivity contribution in [3.05, 3.63) is 51.2 Å². The van der Waals surface area contributed by atoms with E-state index in [1.807, 2.05) is 20.0 Å². The minimum absolute atomic E-state index is 0.214. The van der Waals surface area contributed by atoms with Crippen LogP contribution in [0.25, 0.3) is 0 Å². The number of aromatic carboxylic acids is 1. The third kappa shape index (κ3) is 2.49. The lowest BCUT2D eigenvalue weighted by Crippen LogP contribution is -2.28. The molecule has 2 aromatic heterocycles. The van der Waals surface area contributed by atoms with Crippen molar-refractivity contribution in [1.29, 1.82) is 0 Å². The summed E-state index contributed by atoms with van der Waals surface area (Å²) in [6.45, 7) is 4.11. The van der Waals surface area contributed by atoms with Crippen LogP contribution in [0, 0.1) is 6.92 Å². The van der Waals surface area contributed by atoms with E-state index in [4.69, 9.17) is 5.11 Å². The number of carbonyl (C=O) groups is 1. The Morgan fingerprint density at radius 2 is 2.10 bits per heavy atom. The molecule has 2 aromatic rings. The van der Waals surface area contributed by atoms with Crippen molar-refractivity contribution >= 4 is 5.97 Å². The molecule has 0 saturated heterocycles. The zero-order valence-electron chi connectivity index (χ0n) is 11.8. The molecule has 6 nitrogen and oxygen atoms in total. The Morgan fingerprint density at radius 1 is 1.40 bits per heavy atom. The maximum Gasteiger partial charge on any atom is 0.341 e. The van der Waals surface area contributed by atoms with Crippen LogP contribution in [-0.2, 0) is 20.0 Å². The average molecular weight is 275 g/mol. The number of carboxylic acid groups (broad SMARTS) is 1. The van der Waals surface area contributed by atoms with E-state index in [0.29, 0.717) is 6.54 Å². The molecule has 0 aliphatic carbocycles. The third-order valence-corrected chi connectivity index (χ3v) is 3.33. The summed E-state index contributed by atoms with van der Waals surface area (Å²) in [5.74, 6) is -1.21. The van der Waals surface area contributed by atoms with Crippen molar-refractivity contribution in [3.8, 4) is 0 Å². The molecular formula is C14H17N3O3. The topological polar surface area (TPSA) is 77.1 Å². The fourth-order valence-corrected chi connectivity index (χ4v) is 2.08. The predicted octanol–water partition coefficient (Wildman–Crippen LogP) is 1.20. The fraction of sp³-hybridized carbons (Fsp3) is 0.357. The molecule has 0 saturated carbocycles. The van der Waals surface area contributed by atoms with Crippen molar-refractivity contribution in [2.75, 3.05) is 0 Å². The van der Waals surface area contributed by atoms with Crippen molar-refractivity contribution in [3.63, 3.8) is 0 Å². The fourth-order valence-electron chi connectivity index (χ4n) is 2.08. The van der Waals surface area contributed by atoms with Crippen molar-refractivity contribution < 1.29 is 9.90 Å². The molecule has 1 N–H and O–H groups in total. The molecule has 20 heavy (non-hydrogen) atoms. The number of rotatable bonds is 4. The van der Waals surface area contributed by atoms with E-state index < -0.39 is 11.5 Å². The molecule has 0 unspecified atom stereocenters. The molecule has 0 atom stereocenters. The summed E-state index contributed by atoms with van der Waals surface area (Å²) < 4.78 is 3.18. The van der Waals surface area contributed by atoms with E-state index in [9.17, 15) is 9.59 Å². The van der Waals surface area contributed by atoms with Gasteiger partial charge in [0.1, 0.15) is 5.56 Å². The first kappa shape index (κ1) is 14.0. The van der Waals surface area contributed by atoms with Crippen molar-refractivity contribution in [2.24, 2.45) is 7.05 Å². The molecular weight excluding hydrogens is 258 g/mol. The van der Waals surface area contributed by atoms with Crippen molar-refractivity contribution in [1.82, 2.24) is 14.3 Å². The van der Waals surface area contributed by atoms with Crippen LogP contribution in [0.1, 0.15) is 34.4 Å². The zero-order chi connectivity index (χ0) is 14.9. The van der Waals surface area contributed by atoms with Gasteiger partial charge in [0.15, 0.2) is 0 Å². The molecule has 0 fully saturated rings. The van der Waals surface area contributed by atoms with Gasteiger partial charge < -0.3 is 9.67 Å². The van der Waals surface area contributed by atoms with E-state index in [1.165, 1.54) is 10.6 Å². The van der Waals surface area contributed by atoms with Gasteiger partial charge in [-0.3, -0.25) is 9.48 Å². The second kappa shape index (κ2) is 5.32. The van der Waals surface area contributed by atoms with Gasteiger partial charge in [0.2, 0.25) is 0 Å². The highest BCUT2D eigenvalue weighted by molar-refractivity contribution is 5.87. The first-order valence-corrected chi connectivity index (χ1v) is 6.39. The average Bonchev–Trinajstić information content (AvgIpc) is 2.74. The van der Waals surface area contributed by atoms with Gasteiger partial charge in [-0.2, -0.15) is 5.10 Å². The predicted molar refractivity (Wildman–Crippen MR) is 74.1 cm³/mol. The molecule has 0 radical (unpaired) electrons. The van der Waals surface area contributed by atoms with Crippen molar-refractivity contribution in [2.45, 2.75) is 26.8 Å². The van der Waals surface area contributed by atoms with Gasteiger partial charge in [0.05, 0.1) is 17.9 Å². The second-order valence-corrected chi connectivity index (χ2v) is 4.69. The number of pyridine rings is 1. The normalized spacial score (nSPS) is 10.8. The minimum atomic E-state index is -1.21. The quantitative estimate of drug-likeness (QED) is 0.909. The van der Waals surface area contributed by atoms with Crippen LogP contribution in [0.15, 0.2) is 23.0 Å². The summed E-state index contributed by atoms with van der Waals surface area (Å²) in [5.41, 5.74) is 1.83. The summed E-state index contributed by atoms with van der Waals surface area (Å²) >= 11 is 0. The Hall–Kier alpha value is -2.37. The molecule has 106 valence electrons. The highest BCUT2D eigenvalue weighted by atomic mass is 16.4. The lowest BCUT2D eigenvalue weighted by molar-refractivity contribution is 0.0694. The number of hydrogen-bond donors (Lipinski definition) is 1. The van der Waals surface area contributed by atoms with Gasteiger partial charge in [-0.1, -0.05) is 6.92 Å². The Kier molecular flexibility index (Phi) is 3.74. The Balaban J connectivity index is 2.47. The molecule has 2 heterocycles. The highest BCUT2D eigenvalue weighted by Crippen LogP contribution is 2.07. The summed E-state index contributed by atoms with van der Waals surface area (Å²) in [6.07, 6.45) is 0.816. The SMILES string of the molecule is CCc1cc(Cn2c(C)ccc(C(=O)O)c2=O)n(C)n1. The lowest BCUT2D eigenvalue weighted by atomic mass is 10.2. The van der Waals surface area contributed by atoms with Crippen LogP contribution >= 0.6 is 0 Å². The van der Waals surface area contributed by atoms with E-state index in [2.05, 4.69) is 5.10 Å². The van der Waals surface area contributed by atoms with E-state index in [1.54, 1.807) is 17.7 Å². The summed E-state index contributed by atoms with van der Waals surface area (Å²) in [4.78, 5) is 23.2. The van der Waals surface area contributed by atoms with E-state index in [-0.39, 0.29) is 5.56 Å². The molecule has 0 amide bonds. The first-order chi connectivity index (χ1) is 9.43. The smallest absolute Gasteiger partial charge is 0.341 e. The summed E-state index contributed by atoms with van der Waals surface area (Å²) in [6, 6.07) is 4.92. The molecule has 2 rings (SSSR count). The maximum absolute atomic E-state index is 12.2. The molecule has 0 aliphatic heterocycles. The Morgan fingerprint density at radius 3 is 2.65 bits per heavy atom. The number of nitrogens with zero attached hydrogens (tertiary/aromatic N) is 3. The van der Waals surface area contributed by atoms with Gasteiger partial charge in [-0.15, -0.1) is 0 Å². The van der Waals surface area contributed by atoms with Crippen LogP contribution in [-0.4, -0.2) is 25.4 Å². The second-order valence-electron chi connectivity index (χ2n) is 4.69. The monoisotopic (exact) mass is 275 g/mol. The summed E-state index contributed by atoms with van der Waals surface area (Å²) in [7, 11) is 1.82. The van der Waals surface area contributed by atoms with Crippen LogP contribution in [0.4, 0.5) is 0 Å². The van der Waals surface area contributed by atoms with Gasteiger partial charge >= 0.3 is 5.97 Å². The summed E-state index contributed by atoms with van der Waals surface area (Å²) in [5, 5.41) is 13.3. The zero-order valence-corrected chi connectivity index (χ0v) is 11.8. The van der Waals surface area contributed by atoms with Crippen LogP contribution < -0.4 is 5.56 Å². The third-order valence-electron chi connectivity index (χ3n) is 3.33. The van der Waals surface area contributed by atoms with Crippen LogP contribution in [0.3, 0.4) is 0 Å². The first-order valence-electron chi connectivity index (χ1n) is 6.39. The van der Waals surface area contributed by atoms with Gasteiger partial charge in [0.25, 0.3) is 5.56 Å². The van der Waals surface area contributed by atoms with Gasteiger partial charge in [-0.25, -0.2) is 4.79 Å². The number of aromatic nitrogens is 3. The van der Waals surface area contributed by atoms with Gasteiger partial charge in [-0.05, 0) is 31.5 Å². The highest BCUT2D eigenvalue weighted by Gasteiger charge is 2.14. The number of carboxylic acids is 1. The minimum Gasteiger partial charge on any atom is -0.477 e. The standard InChI is InChI=1S/C14H17N3O3/c1-4-10-7-11(16(3)15-10)8-17-9(2)5-6-12(13(17)18)14(19)20/h5-7H,4,8H2,1-3H3,(H,19,20). The van der Waals surface area contributed by atoms with Gasteiger partial charge in [0, 0.05) is 12.7 Å². The van der Waals surface area contributed by atoms with E-state index >= 15 is 0 Å². The Labute approximate surface area is 116 Å². The molecule has 0 aliphatic rings. The van der Waals surface area contributed by atoms with Crippen LogP contribution in [0.5, 0.6) is 0 Å². The molecule has 6 heteroatoms. The van der Waals surface area contributed by atoms with E-state index in [0.717, 1.165) is 23.5 Å². The molecule has 0 aromatic carbocycles. The largest absolute Gasteiger partial charge is 0.477 e. The number of aryl methyl sites for hydroxylation is 3. The lowest BCUT2D eigenvalue weighted by Gasteiger charge is -2.10. The molecule has 0 spiro atoms. The maximum atomic E-state index is 12.2. The Bertz CT molecular complexity index is 713. The van der Waals surface area contributed by atoms with Crippen LogP contribution in [0.2, 0.25) is 0 Å². The number of hydrogen-bond acceptors (Lipinski definition) is 3.